The Morgan fingerprint density at radius 1 is 1.30 bits per heavy atom. The minimum Gasteiger partial charge on any atom is -0.369 e. The van der Waals surface area contributed by atoms with Gasteiger partial charge in [0.25, 0.3) is 5.91 Å². The molecule has 13 heteroatoms. The van der Waals surface area contributed by atoms with E-state index in [1.165, 1.54) is 16.2 Å². The number of hydrogen-bond donors (Lipinski definition) is 2. The van der Waals surface area contributed by atoms with Gasteiger partial charge in [0, 0.05) is 38.4 Å². The first-order chi connectivity index (χ1) is 14.3. The molecule has 0 aliphatic carbocycles. The molecule has 1 aromatic heterocycles. The number of rotatable bonds is 5. The summed E-state index contributed by atoms with van der Waals surface area (Å²) in [4.78, 5) is 46.5. The van der Waals surface area contributed by atoms with Crippen LogP contribution in [0.1, 0.15) is 17.8 Å². The first-order valence-corrected chi connectivity index (χ1v) is 11.5. The van der Waals surface area contributed by atoms with E-state index in [4.69, 9.17) is 10.7 Å². The predicted molar refractivity (Wildman–Crippen MR) is 112 cm³/mol. The van der Waals surface area contributed by atoms with E-state index >= 15 is 0 Å². The highest BCUT2D eigenvalue weighted by Gasteiger charge is 2.49. The Morgan fingerprint density at radius 2 is 2.03 bits per heavy atom. The Bertz CT molecular complexity index is 882. The largest absolute Gasteiger partial charge is 0.369 e. The lowest BCUT2D eigenvalue weighted by Crippen LogP contribution is -2.64. The number of fused-ring (bicyclic) bond motifs is 1. The van der Waals surface area contributed by atoms with E-state index in [9.17, 15) is 14.4 Å². The summed E-state index contributed by atoms with van der Waals surface area (Å²) in [5.41, 5.74) is 5.46. The van der Waals surface area contributed by atoms with Crippen LogP contribution in [0.2, 0.25) is 0 Å². The molecule has 2 atom stereocenters. The SMILES string of the molecule is Cc1nnc(SCCN2C(N3CCC(C(N)=O)CC3)=NC3C2C(=O)NC(=O)N3C)s1. The summed E-state index contributed by atoms with van der Waals surface area (Å²) in [7, 11) is 1.64. The highest BCUT2D eigenvalue weighted by Crippen LogP contribution is 2.29. The van der Waals surface area contributed by atoms with Crippen molar-refractivity contribution in [2.75, 3.05) is 32.4 Å². The highest BCUT2D eigenvalue weighted by molar-refractivity contribution is 8.01. The highest BCUT2D eigenvalue weighted by atomic mass is 32.2. The standard InChI is InChI=1S/C17H24N8O3S2/c1-9-21-22-17(30-9)29-8-7-25-11-13(23(2)16(28)20-14(11)27)19-15(25)24-5-3-10(4-6-24)12(18)26/h10-11,13H,3-8H2,1-2H3,(H2,18,26)(H,20,27,28). The maximum Gasteiger partial charge on any atom is 0.325 e. The van der Waals surface area contributed by atoms with Crippen molar-refractivity contribution >= 4 is 46.9 Å². The second-order valence-corrected chi connectivity index (χ2v) is 10.0. The zero-order valence-electron chi connectivity index (χ0n) is 16.8. The molecule has 2 unspecified atom stereocenters. The number of carbonyl (C=O) groups excluding carboxylic acids is 3. The van der Waals surface area contributed by atoms with Gasteiger partial charge in [-0.05, 0) is 19.8 Å². The second kappa shape index (κ2) is 8.38. The zero-order valence-corrected chi connectivity index (χ0v) is 18.4. The van der Waals surface area contributed by atoms with Crippen LogP contribution >= 0.6 is 23.1 Å². The maximum absolute atomic E-state index is 12.7. The first kappa shape index (κ1) is 20.8. The minimum atomic E-state index is -0.576. The van der Waals surface area contributed by atoms with Crippen molar-refractivity contribution in [3.63, 3.8) is 0 Å². The molecule has 3 N–H and O–H groups in total. The van der Waals surface area contributed by atoms with Gasteiger partial charge in [-0.3, -0.25) is 14.9 Å². The first-order valence-electron chi connectivity index (χ1n) is 9.74. The van der Waals surface area contributed by atoms with Crippen LogP contribution in [-0.4, -0.2) is 93.3 Å². The van der Waals surface area contributed by atoms with Gasteiger partial charge in [-0.25, -0.2) is 9.79 Å². The van der Waals surface area contributed by atoms with Crippen LogP contribution in [-0.2, 0) is 9.59 Å². The molecule has 3 aliphatic rings. The van der Waals surface area contributed by atoms with E-state index in [-0.39, 0.29) is 17.7 Å². The summed E-state index contributed by atoms with van der Waals surface area (Å²) < 4.78 is 0.879. The second-order valence-electron chi connectivity index (χ2n) is 7.49. The molecule has 1 aromatic rings. The summed E-state index contributed by atoms with van der Waals surface area (Å²) in [6, 6.07) is -1.02. The number of nitrogens with one attached hydrogen (secondary N) is 1. The number of nitrogens with zero attached hydrogens (tertiary/aromatic N) is 6. The lowest BCUT2D eigenvalue weighted by Gasteiger charge is -2.39. The number of carbonyl (C=O) groups is 3. The number of imide groups is 1. The topological polar surface area (TPSA) is 137 Å². The summed E-state index contributed by atoms with van der Waals surface area (Å²) in [5, 5.41) is 11.5. The maximum atomic E-state index is 12.7. The van der Waals surface area contributed by atoms with Crippen LogP contribution in [0, 0.1) is 12.8 Å². The molecule has 2 saturated heterocycles. The average molecular weight is 453 g/mol. The van der Waals surface area contributed by atoms with Crippen molar-refractivity contribution in [2.24, 2.45) is 16.6 Å². The van der Waals surface area contributed by atoms with Gasteiger partial charge in [0.2, 0.25) is 5.91 Å². The van der Waals surface area contributed by atoms with Gasteiger partial charge in [-0.15, -0.1) is 10.2 Å². The van der Waals surface area contributed by atoms with Crippen molar-refractivity contribution in [1.29, 1.82) is 0 Å². The number of amides is 4. The zero-order chi connectivity index (χ0) is 21.4. The predicted octanol–water partition coefficient (Wildman–Crippen LogP) is -0.316. The van der Waals surface area contributed by atoms with Crippen molar-refractivity contribution in [3.8, 4) is 0 Å². The molecule has 11 nitrogen and oxygen atoms in total. The van der Waals surface area contributed by atoms with Crippen LogP contribution in [0.4, 0.5) is 4.79 Å². The fourth-order valence-corrected chi connectivity index (χ4v) is 5.77. The summed E-state index contributed by atoms with van der Waals surface area (Å²) in [5.74, 6) is 0.633. The van der Waals surface area contributed by atoms with Gasteiger partial charge >= 0.3 is 6.03 Å². The Labute approximate surface area is 182 Å². The monoisotopic (exact) mass is 452 g/mol. The fraction of sp³-hybridized carbons (Fsp3) is 0.647. The van der Waals surface area contributed by atoms with Crippen LogP contribution < -0.4 is 11.1 Å². The Kier molecular flexibility index (Phi) is 5.82. The van der Waals surface area contributed by atoms with E-state index in [0.29, 0.717) is 44.2 Å². The lowest BCUT2D eigenvalue weighted by molar-refractivity contribution is -0.127. The number of piperidine rings is 1. The third-order valence-corrected chi connectivity index (χ3v) is 7.54. The number of aryl methyl sites for hydroxylation is 1. The van der Waals surface area contributed by atoms with E-state index in [1.54, 1.807) is 18.8 Å². The lowest BCUT2D eigenvalue weighted by atomic mass is 9.96. The van der Waals surface area contributed by atoms with Gasteiger partial charge in [-0.2, -0.15) is 0 Å². The molecule has 0 spiro atoms. The molecule has 0 aromatic carbocycles. The Hall–Kier alpha value is -2.41. The third kappa shape index (κ3) is 3.95. The Morgan fingerprint density at radius 3 is 2.67 bits per heavy atom. The molecule has 3 aliphatic heterocycles. The van der Waals surface area contributed by atoms with Gasteiger partial charge in [0.15, 0.2) is 22.5 Å². The molecular formula is C17H24N8O3S2. The normalized spacial score (nSPS) is 24.7. The van der Waals surface area contributed by atoms with Crippen molar-refractivity contribution < 1.29 is 14.4 Å². The van der Waals surface area contributed by atoms with Crippen LogP contribution in [0.5, 0.6) is 0 Å². The summed E-state index contributed by atoms with van der Waals surface area (Å²) in [6.45, 7) is 3.73. The quantitative estimate of drug-likeness (QED) is 0.580. The summed E-state index contributed by atoms with van der Waals surface area (Å²) in [6.07, 6.45) is 0.734. The number of primary amides is 1. The number of nitrogens with two attached hydrogens (primary N) is 1. The number of aromatic nitrogens is 2. The molecule has 0 bridgehead atoms. The number of aliphatic imine (C=N–C) groups is 1. The van der Waals surface area contributed by atoms with E-state index in [1.807, 2.05) is 11.8 Å². The molecular weight excluding hydrogens is 428 g/mol. The molecule has 0 saturated carbocycles. The number of hydrogen-bond acceptors (Lipinski definition) is 10. The molecule has 4 amide bonds. The number of thioether (sulfide) groups is 1. The van der Waals surface area contributed by atoms with Gasteiger partial charge in [0.05, 0.1) is 0 Å². The number of urea groups is 1. The molecule has 162 valence electrons. The molecule has 30 heavy (non-hydrogen) atoms. The van der Waals surface area contributed by atoms with E-state index in [2.05, 4.69) is 20.4 Å². The Balaban J connectivity index is 1.51. The van der Waals surface area contributed by atoms with Gasteiger partial charge in [-0.1, -0.05) is 23.1 Å². The van der Waals surface area contributed by atoms with Crippen molar-refractivity contribution in [2.45, 2.75) is 36.3 Å². The molecule has 2 fully saturated rings. The number of guanidine groups is 1. The van der Waals surface area contributed by atoms with Crippen molar-refractivity contribution in [3.05, 3.63) is 5.01 Å². The van der Waals surface area contributed by atoms with E-state index in [0.717, 1.165) is 9.35 Å². The fourth-order valence-electron chi connectivity index (χ4n) is 3.95. The van der Waals surface area contributed by atoms with Crippen LogP contribution in [0.15, 0.2) is 9.33 Å². The number of likely N-dealkylation sites (N-methyl/N-ethyl adjacent to an activating group) is 1. The molecule has 4 heterocycles. The molecule has 0 radical (unpaired) electrons. The van der Waals surface area contributed by atoms with E-state index < -0.39 is 18.2 Å². The minimum absolute atomic E-state index is 0.136. The van der Waals surface area contributed by atoms with Crippen molar-refractivity contribution in [1.82, 2.24) is 30.2 Å². The van der Waals surface area contributed by atoms with Gasteiger partial charge < -0.3 is 20.4 Å². The third-order valence-electron chi connectivity index (χ3n) is 5.58. The van der Waals surface area contributed by atoms with Crippen LogP contribution in [0.25, 0.3) is 0 Å². The average Bonchev–Trinajstić information content (AvgIpc) is 3.30. The molecule has 4 rings (SSSR count). The smallest absolute Gasteiger partial charge is 0.325 e. The number of likely N-dealkylation sites (tertiary alicyclic amines) is 1. The van der Waals surface area contributed by atoms with Gasteiger partial charge in [0.1, 0.15) is 5.01 Å². The van der Waals surface area contributed by atoms with Crippen LogP contribution in [0.3, 0.4) is 0 Å². The summed E-state index contributed by atoms with van der Waals surface area (Å²) >= 11 is 3.11.